The van der Waals surface area contributed by atoms with Gasteiger partial charge in [0, 0.05) is 13.6 Å². The van der Waals surface area contributed by atoms with Gasteiger partial charge in [0.05, 0.1) is 6.61 Å². The molecular weight excluding hydrogens is 182 g/mol. The molecule has 1 N–H and O–H groups in total. The number of aliphatic hydroxyl groups is 1. The van der Waals surface area contributed by atoms with Crippen LogP contribution in [0.4, 0.5) is 14.7 Å². The van der Waals surface area contributed by atoms with Gasteiger partial charge in [-0.1, -0.05) is 0 Å². The molecule has 1 aromatic heterocycles. The highest BCUT2D eigenvalue weighted by molar-refractivity contribution is 5.25. The predicted molar refractivity (Wildman–Crippen MR) is 40.1 cm³/mol. The van der Waals surface area contributed by atoms with Crippen LogP contribution in [-0.4, -0.2) is 40.3 Å². The molecule has 0 spiro atoms. The van der Waals surface area contributed by atoms with Crippen LogP contribution in [0.15, 0.2) is 0 Å². The van der Waals surface area contributed by atoms with E-state index >= 15 is 0 Å². The summed E-state index contributed by atoms with van der Waals surface area (Å²) >= 11 is 0. The zero-order valence-corrected chi connectivity index (χ0v) is 6.91. The number of rotatable bonds is 3. The van der Waals surface area contributed by atoms with Crippen LogP contribution < -0.4 is 4.90 Å². The second-order valence-corrected chi connectivity index (χ2v) is 2.32. The van der Waals surface area contributed by atoms with Gasteiger partial charge in [-0.3, -0.25) is 0 Å². The maximum atomic E-state index is 12.4. The van der Waals surface area contributed by atoms with Crippen LogP contribution in [0, 0.1) is 12.2 Å². The summed E-state index contributed by atoms with van der Waals surface area (Å²) in [4.78, 5) is 10.5. The van der Waals surface area contributed by atoms with Gasteiger partial charge in [0.25, 0.3) is 0 Å². The first-order valence-electron chi connectivity index (χ1n) is 3.52. The molecule has 72 valence electrons. The van der Waals surface area contributed by atoms with E-state index in [1.807, 2.05) is 0 Å². The van der Waals surface area contributed by atoms with Gasteiger partial charge in [0.1, 0.15) is 0 Å². The van der Waals surface area contributed by atoms with E-state index in [-0.39, 0.29) is 19.1 Å². The Labute approximate surface area is 73.1 Å². The standard InChI is InChI=1S/C6H8F2N4O/c1-12(2-3-13)6-10-4(7)9-5(8)11-6/h13H,2-3H2,1H3. The molecule has 0 aliphatic carbocycles. The molecule has 0 aliphatic heterocycles. The van der Waals surface area contributed by atoms with E-state index in [2.05, 4.69) is 15.0 Å². The molecule has 1 rings (SSSR count). The van der Waals surface area contributed by atoms with Crippen molar-refractivity contribution in [1.29, 1.82) is 0 Å². The van der Waals surface area contributed by atoms with Crippen molar-refractivity contribution < 1.29 is 13.9 Å². The minimum atomic E-state index is -1.17. The highest BCUT2D eigenvalue weighted by atomic mass is 19.1. The fourth-order valence-corrected chi connectivity index (χ4v) is 0.737. The maximum Gasteiger partial charge on any atom is 0.315 e. The van der Waals surface area contributed by atoms with Gasteiger partial charge in [0.2, 0.25) is 5.95 Å². The van der Waals surface area contributed by atoms with Crippen molar-refractivity contribution >= 4 is 5.95 Å². The maximum absolute atomic E-state index is 12.4. The van der Waals surface area contributed by atoms with E-state index in [9.17, 15) is 8.78 Å². The average molecular weight is 190 g/mol. The van der Waals surface area contributed by atoms with E-state index in [1.165, 1.54) is 11.9 Å². The summed E-state index contributed by atoms with van der Waals surface area (Å²) in [7, 11) is 1.50. The Kier molecular flexibility index (Phi) is 3.02. The highest BCUT2D eigenvalue weighted by Gasteiger charge is 2.08. The molecule has 0 bridgehead atoms. The van der Waals surface area contributed by atoms with Crippen LogP contribution >= 0.6 is 0 Å². The molecule has 1 aromatic rings. The third-order valence-electron chi connectivity index (χ3n) is 1.35. The van der Waals surface area contributed by atoms with Crippen LogP contribution in [0.1, 0.15) is 0 Å². The monoisotopic (exact) mass is 190 g/mol. The summed E-state index contributed by atoms with van der Waals surface area (Å²) in [6, 6.07) is 0. The van der Waals surface area contributed by atoms with Crippen molar-refractivity contribution in [3.05, 3.63) is 12.2 Å². The number of aromatic nitrogens is 3. The van der Waals surface area contributed by atoms with Crippen molar-refractivity contribution in [3.63, 3.8) is 0 Å². The molecule has 0 amide bonds. The number of aliphatic hydroxyl groups excluding tert-OH is 1. The third-order valence-corrected chi connectivity index (χ3v) is 1.35. The summed E-state index contributed by atoms with van der Waals surface area (Å²) in [5, 5.41) is 8.54. The minimum Gasteiger partial charge on any atom is -0.395 e. The van der Waals surface area contributed by atoms with Gasteiger partial charge in [-0.2, -0.15) is 23.7 Å². The molecule has 0 saturated carbocycles. The van der Waals surface area contributed by atoms with Crippen LogP contribution in [0.3, 0.4) is 0 Å². The smallest absolute Gasteiger partial charge is 0.315 e. The lowest BCUT2D eigenvalue weighted by atomic mass is 10.6. The lowest BCUT2D eigenvalue weighted by Gasteiger charge is -2.14. The van der Waals surface area contributed by atoms with Crippen molar-refractivity contribution in [2.45, 2.75) is 0 Å². The fourth-order valence-electron chi connectivity index (χ4n) is 0.737. The summed E-state index contributed by atoms with van der Waals surface area (Å²) in [6.07, 6.45) is -2.35. The van der Waals surface area contributed by atoms with E-state index in [0.29, 0.717) is 0 Å². The molecule has 7 heteroatoms. The number of nitrogens with zero attached hydrogens (tertiary/aromatic N) is 4. The molecule has 0 aromatic carbocycles. The number of likely N-dealkylation sites (N-methyl/N-ethyl adjacent to an activating group) is 1. The largest absolute Gasteiger partial charge is 0.395 e. The lowest BCUT2D eigenvalue weighted by molar-refractivity contribution is 0.303. The number of hydrogen-bond acceptors (Lipinski definition) is 5. The molecular formula is C6H8F2N4O. The predicted octanol–water partition coefficient (Wildman–Crippen LogP) is -0.422. The second kappa shape index (κ2) is 4.04. The molecule has 0 aliphatic rings. The van der Waals surface area contributed by atoms with Crippen molar-refractivity contribution in [2.75, 3.05) is 25.1 Å². The van der Waals surface area contributed by atoms with Gasteiger partial charge in [0.15, 0.2) is 0 Å². The van der Waals surface area contributed by atoms with E-state index in [4.69, 9.17) is 5.11 Å². The Balaban J connectivity index is 2.87. The SMILES string of the molecule is CN(CCO)c1nc(F)nc(F)n1. The molecule has 0 radical (unpaired) electrons. The molecule has 5 nitrogen and oxygen atoms in total. The summed E-state index contributed by atoms with van der Waals surface area (Å²) in [6.45, 7) is 0.0499. The first-order chi connectivity index (χ1) is 6.13. The van der Waals surface area contributed by atoms with E-state index in [1.54, 1.807) is 0 Å². The average Bonchev–Trinajstić information content (AvgIpc) is 2.03. The molecule has 13 heavy (non-hydrogen) atoms. The Morgan fingerprint density at radius 1 is 1.23 bits per heavy atom. The summed E-state index contributed by atoms with van der Waals surface area (Å²) in [5.41, 5.74) is 0. The van der Waals surface area contributed by atoms with Crippen LogP contribution in [0.5, 0.6) is 0 Å². The zero-order valence-electron chi connectivity index (χ0n) is 6.91. The Bertz CT molecular complexity index is 276. The Hall–Kier alpha value is -1.37. The van der Waals surface area contributed by atoms with E-state index in [0.717, 1.165) is 0 Å². The molecule has 1 heterocycles. The van der Waals surface area contributed by atoms with Crippen LogP contribution in [-0.2, 0) is 0 Å². The Morgan fingerprint density at radius 2 is 1.77 bits per heavy atom. The first-order valence-corrected chi connectivity index (χ1v) is 3.52. The molecule has 0 fully saturated rings. The third kappa shape index (κ3) is 2.55. The van der Waals surface area contributed by atoms with Gasteiger partial charge in [-0.15, -0.1) is 0 Å². The Morgan fingerprint density at radius 3 is 2.23 bits per heavy atom. The van der Waals surface area contributed by atoms with Crippen molar-refractivity contribution in [2.24, 2.45) is 0 Å². The minimum absolute atomic E-state index is 0.140. The molecule has 0 atom stereocenters. The van der Waals surface area contributed by atoms with Gasteiger partial charge in [-0.25, -0.2) is 0 Å². The fraction of sp³-hybridized carbons (Fsp3) is 0.500. The van der Waals surface area contributed by atoms with Gasteiger partial charge >= 0.3 is 12.2 Å². The van der Waals surface area contributed by atoms with E-state index < -0.39 is 12.2 Å². The van der Waals surface area contributed by atoms with Crippen LogP contribution in [0.25, 0.3) is 0 Å². The number of halogens is 2. The van der Waals surface area contributed by atoms with Crippen molar-refractivity contribution in [3.8, 4) is 0 Å². The first kappa shape index (κ1) is 9.72. The summed E-state index contributed by atoms with van der Waals surface area (Å²) in [5.74, 6) is -0.140. The molecule has 0 unspecified atom stereocenters. The van der Waals surface area contributed by atoms with Crippen LogP contribution in [0.2, 0.25) is 0 Å². The zero-order chi connectivity index (χ0) is 9.84. The van der Waals surface area contributed by atoms with Gasteiger partial charge < -0.3 is 10.0 Å². The van der Waals surface area contributed by atoms with Crippen molar-refractivity contribution in [1.82, 2.24) is 15.0 Å². The normalized spacial score (nSPS) is 10.2. The highest BCUT2D eigenvalue weighted by Crippen LogP contribution is 2.03. The van der Waals surface area contributed by atoms with Gasteiger partial charge in [-0.05, 0) is 0 Å². The second-order valence-electron chi connectivity index (χ2n) is 2.32. The molecule has 0 saturated heterocycles. The number of anilines is 1. The topological polar surface area (TPSA) is 62.1 Å². The number of hydrogen-bond donors (Lipinski definition) is 1. The summed E-state index contributed by atoms with van der Waals surface area (Å²) < 4.78 is 24.9. The lowest BCUT2D eigenvalue weighted by Crippen LogP contribution is -2.24. The quantitative estimate of drug-likeness (QED) is 0.701.